The number of hydrogen-bond donors (Lipinski definition) is 2. The van der Waals surface area contributed by atoms with Crippen molar-refractivity contribution in [1.29, 1.82) is 0 Å². The van der Waals surface area contributed by atoms with Crippen LogP contribution >= 0.6 is 0 Å². The van der Waals surface area contributed by atoms with Crippen LogP contribution in [-0.2, 0) is 16.6 Å². The molecule has 3 rings (SSSR count). The molecule has 1 aromatic heterocycles. The molecule has 6 nitrogen and oxygen atoms in total. The van der Waals surface area contributed by atoms with E-state index < -0.39 is 0 Å². The van der Waals surface area contributed by atoms with Crippen molar-refractivity contribution in [1.82, 2.24) is 15.2 Å². The number of rotatable bonds is 5. The molecule has 2 aromatic carbocycles. The standard InChI is InChI=1S/C21H24N4O2/c1-21(2,3)16-9-7-15(8-10-16)19-23-20(25-24-19)22-18(26)13-14-5-11-17(27-4)12-6-14/h5-12H,13H2,1-4H3,(H2,22,23,24,25,26). The molecule has 1 heterocycles. The lowest BCUT2D eigenvalue weighted by atomic mass is 9.87. The molecule has 0 bridgehead atoms. The largest absolute Gasteiger partial charge is 0.497 e. The highest BCUT2D eigenvalue weighted by atomic mass is 16.5. The summed E-state index contributed by atoms with van der Waals surface area (Å²) in [6.45, 7) is 6.52. The van der Waals surface area contributed by atoms with Gasteiger partial charge in [0.2, 0.25) is 11.9 Å². The lowest BCUT2D eigenvalue weighted by molar-refractivity contribution is -0.115. The number of carbonyl (C=O) groups excluding carboxylic acids is 1. The Morgan fingerprint density at radius 3 is 2.33 bits per heavy atom. The van der Waals surface area contributed by atoms with E-state index in [1.807, 2.05) is 36.4 Å². The van der Waals surface area contributed by atoms with Crippen LogP contribution < -0.4 is 10.1 Å². The molecule has 0 aliphatic rings. The number of carbonyl (C=O) groups is 1. The van der Waals surface area contributed by atoms with Gasteiger partial charge in [-0.2, -0.15) is 4.98 Å². The summed E-state index contributed by atoms with van der Waals surface area (Å²) in [6, 6.07) is 15.5. The van der Waals surface area contributed by atoms with Crippen molar-refractivity contribution in [2.45, 2.75) is 32.6 Å². The number of ether oxygens (including phenoxy) is 1. The lowest BCUT2D eigenvalue weighted by Crippen LogP contribution is -2.15. The molecule has 0 radical (unpaired) electrons. The van der Waals surface area contributed by atoms with Crippen LogP contribution in [0.2, 0.25) is 0 Å². The fourth-order valence-electron chi connectivity index (χ4n) is 2.67. The van der Waals surface area contributed by atoms with Gasteiger partial charge in [0, 0.05) is 5.56 Å². The Bertz CT molecular complexity index is 907. The maximum absolute atomic E-state index is 12.2. The van der Waals surface area contributed by atoms with Crippen molar-refractivity contribution in [3.8, 4) is 17.1 Å². The fraction of sp³-hybridized carbons (Fsp3) is 0.286. The Morgan fingerprint density at radius 1 is 1.07 bits per heavy atom. The molecule has 140 valence electrons. The van der Waals surface area contributed by atoms with Crippen LogP contribution in [0.25, 0.3) is 11.4 Å². The molecule has 0 saturated heterocycles. The van der Waals surface area contributed by atoms with Gasteiger partial charge >= 0.3 is 0 Å². The van der Waals surface area contributed by atoms with E-state index in [0.29, 0.717) is 5.82 Å². The molecular formula is C21H24N4O2. The van der Waals surface area contributed by atoms with E-state index in [1.54, 1.807) is 7.11 Å². The first-order valence-electron chi connectivity index (χ1n) is 8.81. The summed E-state index contributed by atoms with van der Waals surface area (Å²) < 4.78 is 5.12. The average Bonchev–Trinajstić information content (AvgIpc) is 3.10. The van der Waals surface area contributed by atoms with Crippen LogP contribution in [-0.4, -0.2) is 28.2 Å². The number of hydrogen-bond acceptors (Lipinski definition) is 4. The molecule has 0 unspecified atom stereocenters. The number of nitrogens with zero attached hydrogens (tertiary/aromatic N) is 2. The number of aromatic amines is 1. The number of methoxy groups -OCH3 is 1. The van der Waals surface area contributed by atoms with E-state index in [2.05, 4.69) is 53.4 Å². The topological polar surface area (TPSA) is 79.9 Å². The lowest BCUT2D eigenvalue weighted by Gasteiger charge is -2.18. The SMILES string of the molecule is COc1ccc(CC(=O)Nc2n[nH]c(-c3ccc(C(C)(C)C)cc3)n2)cc1. The highest BCUT2D eigenvalue weighted by Crippen LogP contribution is 2.25. The van der Waals surface area contributed by atoms with Crippen molar-refractivity contribution in [2.24, 2.45) is 0 Å². The summed E-state index contributed by atoms with van der Waals surface area (Å²) in [5, 5.41) is 9.68. The van der Waals surface area contributed by atoms with Gasteiger partial charge in [0.05, 0.1) is 13.5 Å². The van der Waals surface area contributed by atoms with Gasteiger partial charge in [0.15, 0.2) is 5.82 Å². The summed E-state index contributed by atoms with van der Waals surface area (Å²) in [5.74, 6) is 1.47. The molecule has 1 amide bonds. The van der Waals surface area contributed by atoms with Crippen LogP contribution in [0.15, 0.2) is 48.5 Å². The summed E-state index contributed by atoms with van der Waals surface area (Å²) in [6.07, 6.45) is 0.244. The summed E-state index contributed by atoms with van der Waals surface area (Å²) in [4.78, 5) is 16.6. The number of H-pyrrole nitrogens is 1. The van der Waals surface area contributed by atoms with Crippen molar-refractivity contribution < 1.29 is 9.53 Å². The first-order valence-corrected chi connectivity index (χ1v) is 8.81. The van der Waals surface area contributed by atoms with Crippen LogP contribution in [0.3, 0.4) is 0 Å². The Balaban J connectivity index is 1.64. The molecule has 0 fully saturated rings. The summed E-state index contributed by atoms with van der Waals surface area (Å²) in [5.41, 5.74) is 3.16. The molecular weight excluding hydrogens is 340 g/mol. The third-order valence-corrected chi connectivity index (χ3v) is 4.28. The van der Waals surface area contributed by atoms with E-state index in [1.165, 1.54) is 5.56 Å². The van der Waals surface area contributed by atoms with E-state index in [9.17, 15) is 4.79 Å². The van der Waals surface area contributed by atoms with Gasteiger partial charge in [-0.15, -0.1) is 5.10 Å². The normalized spacial score (nSPS) is 11.3. The highest BCUT2D eigenvalue weighted by Gasteiger charge is 2.14. The zero-order valence-corrected chi connectivity index (χ0v) is 16.0. The second-order valence-corrected chi connectivity index (χ2v) is 7.41. The molecule has 0 aliphatic heterocycles. The van der Waals surface area contributed by atoms with Crippen molar-refractivity contribution >= 4 is 11.9 Å². The Morgan fingerprint density at radius 2 is 1.74 bits per heavy atom. The van der Waals surface area contributed by atoms with E-state index >= 15 is 0 Å². The van der Waals surface area contributed by atoms with Crippen molar-refractivity contribution in [3.05, 3.63) is 59.7 Å². The van der Waals surface area contributed by atoms with Crippen LogP contribution in [0, 0.1) is 0 Å². The third kappa shape index (κ3) is 4.73. The number of amides is 1. The summed E-state index contributed by atoms with van der Waals surface area (Å²) >= 11 is 0. The second-order valence-electron chi connectivity index (χ2n) is 7.41. The van der Waals surface area contributed by atoms with Gasteiger partial charge in [0.1, 0.15) is 5.75 Å². The quantitative estimate of drug-likeness (QED) is 0.718. The third-order valence-electron chi connectivity index (χ3n) is 4.28. The smallest absolute Gasteiger partial charge is 0.249 e. The maximum atomic E-state index is 12.2. The van der Waals surface area contributed by atoms with E-state index in [4.69, 9.17) is 4.74 Å². The van der Waals surface area contributed by atoms with Crippen molar-refractivity contribution in [3.63, 3.8) is 0 Å². The molecule has 2 N–H and O–H groups in total. The molecule has 0 aliphatic carbocycles. The highest BCUT2D eigenvalue weighted by molar-refractivity contribution is 5.90. The number of anilines is 1. The Kier molecular flexibility index (Phi) is 5.26. The zero-order chi connectivity index (χ0) is 19.4. The van der Waals surface area contributed by atoms with Gasteiger partial charge in [-0.1, -0.05) is 57.2 Å². The first kappa shape index (κ1) is 18.6. The Labute approximate surface area is 159 Å². The molecule has 6 heteroatoms. The molecule has 0 saturated carbocycles. The predicted molar refractivity (Wildman–Crippen MR) is 106 cm³/mol. The number of nitrogens with one attached hydrogen (secondary N) is 2. The van der Waals surface area contributed by atoms with Gasteiger partial charge in [-0.05, 0) is 28.7 Å². The maximum Gasteiger partial charge on any atom is 0.249 e. The minimum atomic E-state index is -0.172. The van der Waals surface area contributed by atoms with Gasteiger partial charge in [-0.3, -0.25) is 15.2 Å². The molecule has 0 spiro atoms. The molecule has 27 heavy (non-hydrogen) atoms. The molecule has 3 aromatic rings. The number of benzene rings is 2. The fourth-order valence-corrected chi connectivity index (χ4v) is 2.67. The minimum Gasteiger partial charge on any atom is -0.497 e. The molecule has 0 atom stereocenters. The summed E-state index contributed by atoms with van der Waals surface area (Å²) in [7, 11) is 1.61. The van der Waals surface area contributed by atoms with Crippen LogP contribution in [0.4, 0.5) is 5.95 Å². The first-order chi connectivity index (χ1) is 12.8. The van der Waals surface area contributed by atoms with Crippen LogP contribution in [0.1, 0.15) is 31.9 Å². The predicted octanol–water partition coefficient (Wildman–Crippen LogP) is 3.96. The monoisotopic (exact) mass is 364 g/mol. The van der Waals surface area contributed by atoms with Gasteiger partial charge < -0.3 is 4.74 Å². The Hall–Kier alpha value is -3.15. The van der Waals surface area contributed by atoms with Gasteiger partial charge in [-0.25, -0.2) is 0 Å². The average molecular weight is 364 g/mol. The minimum absolute atomic E-state index is 0.0978. The van der Waals surface area contributed by atoms with Crippen LogP contribution in [0.5, 0.6) is 5.75 Å². The number of aromatic nitrogens is 3. The second kappa shape index (κ2) is 7.61. The zero-order valence-electron chi connectivity index (χ0n) is 16.0. The van der Waals surface area contributed by atoms with Gasteiger partial charge in [0.25, 0.3) is 0 Å². The van der Waals surface area contributed by atoms with Crippen molar-refractivity contribution in [2.75, 3.05) is 12.4 Å². The van der Waals surface area contributed by atoms with E-state index in [-0.39, 0.29) is 23.7 Å². The van der Waals surface area contributed by atoms with E-state index in [0.717, 1.165) is 16.9 Å².